The molecule has 78 valence electrons. The van der Waals surface area contributed by atoms with Crippen molar-refractivity contribution in [2.24, 2.45) is 16.9 Å². The van der Waals surface area contributed by atoms with E-state index in [1.165, 1.54) is 4.88 Å². The van der Waals surface area contributed by atoms with Crippen molar-refractivity contribution >= 4 is 27.3 Å². The molecule has 1 aliphatic rings. The molecule has 1 aromatic heterocycles. The monoisotopic (exact) mass is 276 g/mol. The van der Waals surface area contributed by atoms with E-state index in [9.17, 15) is 0 Å². The molecule has 1 fully saturated rings. The van der Waals surface area contributed by atoms with Crippen molar-refractivity contribution in [3.63, 3.8) is 0 Å². The third-order valence-electron chi connectivity index (χ3n) is 2.74. The first kappa shape index (κ1) is 10.6. The van der Waals surface area contributed by atoms with E-state index >= 15 is 0 Å². The minimum atomic E-state index is -0.0374. The number of thiophene rings is 1. The van der Waals surface area contributed by atoms with Crippen LogP contribution in [-0.4, -0.2) is 19.8 Å². The smallest absolute Gasteiger partial charge is 0.0575 e. The molecule has 4 N–H and O–H groups in total. The number of halogens is 1. The summed E-state index contributed by atoms with van der Waals surface area (Å²) in [6.07, 6.45) is 0. The van der Waals surface area contributed by atoms with Gasteiger partial charge in [-0.05, 0) is 22.0 Å². The molecule has 2 heterocycles. The molecule has 1 aromatic rings. The van der Waals surface area contributed by atoms with Crippen molar-refractivity contribution in [2.45, 2.75) is 6.04 Å². The standard InChI is InChI=1S/C9H13BrN2OS/c10-6-1-7(14-2-6)8(12)9(3-11)4-13-5-9/h1-2,8H,3-5,11-12H2. The van der Waals surface area contributed by atoms with Crippen molar-refractivity contribution in [3.8, 4) is 0 Å². The van der Waals surface area contributed by atoms with Crippen LogP contribution in [0.5, 0.6) is 0 Å². The maximum Gasteiger partial charge on any atom is 0.0575 e. The van der Waals surface area contributed by atoms with Crippen LogP contribution in [0, 0.1) is 5.41 Å². The van der Waals surface area contributed by atoms with E-state index in [1.807, 2.05) is 5.38 Å². The zero-order chi connectivity index (χ0) is 10.2. The van der Waals surface area contributed by atoms with Crippen LogP contribution in [-0.2, 0) is 4.74 Å². The van der Waals surface area contributed by atoms with Crippen LogP contribution in [0.25, 0.3) is 0 Å². The van der Waals surface area contributed by atoms with Crippen LogP contribution in [0.4, 0.5) is 0 Å². The molecule has 3 nitrogen and oxygen atoms in total. The molecule has 1 aliphatic heterocycles. The molecule has 0 radical (unpaired) electrons. The molecule has 0 spiro atoms. The molecule has 5 heteroatoms. The topological polar surface area (TPSA) is 61.3 Å². The lowest BCUT2D eigenvalue weighted by Gasteiger charge is -2.44. The molecule has 0 bridgehead atoms. The highest BCUT2D eigenvalue weighted by molar-refractivity contribution is 9.10. The van der Waals surface area contributed by atoms with Crippen molar-refractivity contribution in [1.82, 2.24) is 0 Å². The van der Waals surface area contributed by atoms with Crippen molar-refractivity contribution in [3.05, 3.63) is 20.8 Å². The first-order valence-electron chi connectivity index (χ1n) is 4.45. The van der Waals surface area contributed by atoms with Gasteiger partial charge in [-0.15, -0.1) is 11.3 Å². The zero-order valence-corrected chi connectivity index (χ0v) is 10.1. The van der Waals surface area contributed by atoms with Crippen LogP contribution in [0.15, 0.2) is 15.9 Å². The number of hydrogen-bond acceptors (Lipinski definition) is 4. The number of rotatable bonds is 3. The van der Waals surface area contributed by atoms with Gasteiger partial charge in [-0.3, -0.25) is 0 Å². The summed E-state index contributed by atoms with van der Waals surface area (Å²) in [6, 6.07) is 2.06. The Hall–Kier alpha value is 0.0600. The highest BCUT2D eigenvalue weighted by atomic mass is 79.9. The fourth-order valence-electron chi connectivity index (χ4n) is 1.58. The van der Waals surface area contributed by atoms with Gasteiger partial charge < -0.3 is 16.2 Å². The largest absolute Gasteiger partial charge is 0.380 e. The summed E-state index contributed by atoms with van der Waals surface area (Å²) >= 11 is 5.09. The highest BCUT2D eigenvalue weighted by Gasteiger charge is 2.44. The molecule has 2 rings (SSSR count). The van der Waals surface area contributed by atoms with Crippen LogP contribution in [0.3, 0.4) is 0 Å². The Balaban J connectivity index is 2.18. The molecule has 0 aliphatic carbocycles. The minimum absolute atomic E-state index is 0.00227. The van der Waals surface area contributed by atoms with Gasteiger partial charge >= 0.3 is 0 Å². The zero-order valence-electron chi connectivity index (χ0n) is 7.70. The Labute approximate surface area is 95.6 Å². The van der Waals surface area contributed by atoms with Gasteiger partial charge in [0.25, 0.3) is 0 Å². The van der Waals surface area contributed by atoms with Crippen molar-refractivity contribution < 1.29 is 4.74 Å². The summed E-state index contributed by atoms with van der Waals surface area (Å²) in [5, 5.41) is 2.04. The Kier molecular flexibility index (Phi) is 2.95. The number of ether oxygens (including phenoxy) is 1. The van der Waals surface area contributed by atoms with E-state index in [0.717, 1.165) is 4.47 Å². The van der Waals surface area contributed by atoms with E-state index in [1.54, 1.807) is 11.3 Å². The SMILES string of the molecule is NCC1(C(N)c2cc(Br)cs2)COC1. The van der Waals surface area contributed by atoms with Crippen LogP contribution in [0.1, 0.15) is 10.9 Å². The maximum absolute atomic E-state index is 6.19. The van der Waals surface area contributed by atoms with Gasteiger partial charge in [0.05, 0.1) is 19.3 Å². The molecule has 1 unspecified atom stereocenters. The van der Waals surface area contributed by atoms with E-state index in [2.05, 4.69) is 22.0 Å². The second-order valence-electron chi connectivity index (χ2n) is 3.70. The summed E-state index contributed by atoms with van der Waals surface area (Å²) in [5.41, 5.74) is 11.9. The number of hydrogen-bond donors (Lipinski definition) is 2. The van der Waals surface area contributed by atoms with Gasteiger partial charge in [0.15, 0.2) is 0 Å². The fraction of sp³-hybridized carbons (Fsp3) is 0.556. The quantitative estimate of drug-likeness (QED) is 0.879. The van der Waals surface area contributed by atoms with Gasteiger partial charge in [0, 0.05) is 26.7 Å². The van der Waals surface area contributed by atoms with Gasteiger partial charge in [0.2, 0.25) is 0 Å². The van der Waals surface area contributed by atoms with Crippen LogP contribution in [0.2, 0.25) is 0 Å². The minimum Gasteiger partial charge on any atom is -0.380 e. The summed E-state index contributed by atoms with van der Waals surface area (Å²) in [4.78, 5) is 1.17. The van der Waals surface area contributed by atoms with Gasteiger partial charge in [-0.25, -0.2) is 0 Å². The summed E-state index contributed by atoms with van der Waals surface area (Å²) in [6.45, 7) is 1.95. The molecule has 0 aromatic carbocycles. The summed E-state index contributed by atoms with van der Waals surface area (Å²) in [7, 11) is 0. The van der Waals surface area contributed by atoms with Crippen LogP contribution >= 0.6 is 27.3 Å². The molecule has 1 saturated heterocycles. The van der Waals surface area contributed by atoms with Crippen molar-refractivity contribution in [2.75, 3.05) is 19.8 Å². The maximum atomic E-state index is 6.19. The Morgan fingerprint density at radius 2 is 2.36 bits per heavy atom. The third-order valence-corrected chi connectivity index (χ3v) is 4.52. The second-order valence-corrected chi connectivity index (χ2v) is 5.56. The molecule has 14 heavy (non-hydrogen) atoms. The van der Waals surface area contributed by atoms with Gasteiger partial charge in [-0.1, -0.05) is 0 Å². The lowest BCUT2D eigenvalue weighted by atomic mass is 9.78. The summed E-state index contributed by atoms with van der Waals surface area (Å²) < 4.78 is 6.30. The predicted octanol–water partition coefficient (Wildman–Crippen LogP) is 1.49. The molecule has 1 atom stereocenters. The average molecular weight is 277 g/mol. The van der Waals surface area contributed by atoms with Gasteiger partial charge in [0.1, 0.15) is 0 Å². The van der Waals surface area contributed by atoms with Gasteiger partial charge in [-0.2, -0.15) is 0 Å². The molecular weight excluding hydrogens is 264 g/mol. The Morgan fingerprint density at radius 1 is 1.64 bits per heavy atom. The lowest BCUT2D eigenvalue weighted by Crippen LogP contribution is -2.54. The van der Waals surface area contributed by atoms with E-state index in [-0.39, 0.29) is 11.5 Å². The van der Waals surface area contributed by atoms with Crippen molar-refractivity contribution in [1.29, 1.82) is 0 Å². The fourth-order valence-corrected chi connectivity index (χ4v) is 3.17. The van der Waals surface area contributed by atoms with E-state index < -0.39 is 0 Å². The third kappa shape index (κ3) is 1.63. The lowest BCUT2D eigenvalue weighted by molar-refractivity contribution is -0.120. The summed E-state index contributed by atoms with van der Waals surface area (Å²) in [5.74, 6) is 0. The second kappa shape index (κ2) is 3.90. The molecule has 0 amide bonds. The highest BCUT2D eigenvalue weighted by Crippen LogP contribution is 2.40. The van der Waals surface area contributed by atoms with E-state index in [4.69, 9.17) is 16.2 Å². The molecule has 0 saturated carbocycles. The number of nitrogens with two attached hydrogens (primary N) is 2. The first-order valence-corrected chi connectivity index (χ1v) is 6.12. The molecular formula is C9H13BrN2OS. The predicted molar refractivity (Wildman–Crippen MR) is 61.3 cm³/mol. The average Bonchev–Trinajstić information content (AvgIpc) is 2.50. The Morgan fingerprint density at radius 3 is 2.71 bits per heavy atom. The van der Waals surface area contributed by atoms with E-state index in [0.29, 0.717) is 19.8 Å². The normalized spacial score (nSPS) is 21.6. The first-order chi connectivity index (χ1) is 6.68. The van der Waals surface area contributed by atoms with Crippen LogP contribution < -0.4 is 11.5 Å². The Bertz CT molecular complexity index is 319.